The van der Waals surface area contributed by atoms with Crippen LogP contribution in [-0.4, -0.2) is 7.11 Å². The molecule has 0 aliphatic carbocycles. The van der Waals surface area contributed by atoms with Crippen LogP contribution in [0, 0.1) is 10.2 Å². The van der Waals surface area contributed by atoms with Gasteiger partial charge in [-0.15, -0.1) is 10.2 Å². The van der Waals surface area contributed by atoms with Gasteiger partial charge in [-0.25, -0.2) is 23.1 Å². The molecule has 32 heavy (non-hydrogen) atoms. The Kier molecular flexibility index (Phi) is 7.94. The highest BCUT2D eigenvalue weighted by Gasteiger charge is 2.19. The smallest absolute Gasteiger partial charge is 0.361 e. The van der Waals surface area contributed by atoms with Crippen LogP contribution in [-0.2, 0) is 6.42 Å². The van der Waals surface area contributed by atoms with Crippen LogP contribution in [0.1, 0.15) is 11.1 Å². The maximum atomic E-state index is 8.49. The number of hydrogen-bond donors (Lipinski definition) is 0. The fraction of sp³-hybridized carbons (Fsp3) is 0.0800. The molecule has 1 heterocycles. The molecule has 0 aliphatic rings. The molecular formula is C25H21ClO6. The average molecular weight is 453 g/mol. The van der Waals surface area contributed by atoms with Crippen LogP contribution in [0.15, 0.2) is 101 Å². The summed E-state index contributed by atoms with van der Waals surface area (Å²) >= 11 is 0. The predicted molar refractivity (Wildman–Crippen MR) is 110 cm³/mol. The third-order valence-electron chi connectivity index (χ3n) is 4.54. The van der Waals surface area contributed by atoms with Crippen molar-refractivity contribution in [2.24, 2.45) is 0 Å². The first-order chi connectivity index (χ1) is 15.3. The van der Waals surface area contributed by atoms with Crippen molar-refractivity contribution in [1.82, 2.24) is 0 Å². The Morgan fingerprint density at radius 3 is 1.50 bits per heavy atom. The largest absolute Gasteiger partial charge is 0.497 e. The Hall–Kier alpha value is -3.26. The summed E-state index contributed by atoms with van der Waals surface area (Å²) in [6.07, 6.45) is 0.833. The van der Waals surface area contributed by atoms with Gasteiger partial charge in [-0.2, -0.15) is 0 Å². The number of benzene rings is 3. The molecule has 4 aromatic rings. The minimum absolute atomic E-state index is 0.833. The molecule has 0 fully saturated rings. The molecule has 0 saturated heterocycles. The monoisotopic (exact) mass is 452 g/mol. The summed E-state index contributed by atoms with van der Waals surface area (Å²) < 4.78 is 45.5. The second-order valence-electron chi connectivity index (χ2n) is 6.83. The highest BCUT2D eigenvalue weighted by Crippen LogP contribution is 2.29. The molecule has 164 valence electrons. The van der Waals surface area contributed by atoms with Crippen LogP contribution in [0.4, 0.5) is 0 Å². The van der Waals surface area contributed by atoms with Gasteiger partial charge in [0.25, 0.3) is 0 Å². The Labute approximate surface area is 188 Å². The SMILES string of the molecule is COc1ccc(Cc2cc(-c3ccccc3)[o+]c(-c3ccccc3)c2)cc1.[O-][Cl+3]([O-])([O-])[O-]. The fourth-order valence-electron chi connectivity index (χ4n) is 3.13. The average Bonchev–Trinajstić information content (AvgIpc) is 2.79. The second kappa shape index (κ2) is 10.9. The van der Waals surface area contributed by atoms with E-state index in [1.54, 1.807) is 7.11 Å². The lowest BCUT2D eigenvalue weighted by Gasteiger charge is -2.17. The van der Waals surface area contributed by atoms with Gasteiger partial charge in [0.1, 0.15) is 5.75 Å². The molecule has 0 bridgehead atoms. The first-order valence-corrected chi connectivity index (χ1v) is 10.9. The number of methoxy groups -OCH3 is 1. The van der Waals surface area contributed by atoms with Gasteiger partial charge in [-0.1, -0.05) is 48.5 Å². The molecule has 7 heteroatoms. The minimum atomic E-state index is -4.94. The van der Waals surface area contributed by atoms with E-state index in [1.807, 2.05) is 48.5 Å². The first kappa shape index (κ1) is 23.4. The predicted octanol–water partition coefficient (Wildman–Crippen LogP) is 1.74. The normalized spacial score (nSPS) is 10.8. The molecular weight excluding hydrogens is 432 g/mol. The highest BCUT2D eigenvalue weighted by molar-refractivity contribution is 5.64. The quantitative estimate of drug-likeness (QED) is 0.426. The molecule has 0 saturated carbocycles. The zero-order valence-electron chi connectivity index (χ0n) is 17.3. The molecule has 0 aliphatic heterocycles. The summed E-state index contributed by atoms with van der Waals surface area (Å²) in [4.78, 5) is 0. The maximum absolute atomic E-state index is 8.49. The van der Waals surface area contributed by atoms with Crippen molar-refractivity contribution in [1.29, 1.82) is 0 Å². The summed E-state index contributed by atoms with van der Waals surface area (Å²) in [5.41, 5.74) is 4.60. The van der Waals surface area contributed by atoms with Crippen molar-refractivity contribution in [3.8, 4) is 28.4 Å². The van der Waals surface area contributed by atoms with Gasteiger partial charge in [-0.05, 0) is 53.9 Å². The van der Waals surface area contributed by atoms with Crippen LogP contribution in [0.5, 0.6) is 5.75 Å². The van der Waals surface area contributed by atoms with Crippen molar-refractivity contribution in [3.05, 3.63) is 108 Å². The lowest BCUT2D eigenvalue weighted by molar-refractivity contribution is -2.00. The van der Waals surface area contributed by atoms with Gasteiger partial charge >= 0.3 is 11.5 Å². The molecule has 3 aromatic carbocycles. The minimum Gasteiger partial charge on any atom is -0.497 e. The van der Waals surface area contributed by atoms with Gasteiger partial charge in [-0.3, -0.25) is 0 Å². The molecule has 0 unspecified atom stereocenters. The zero-order chi connectivity index (χ0) is 23.0. The van der Waals surface area contributed by atoms with Crippen molar-refractivity contribution < 1.29 is 38.0 Å². The van der Waals surface area contributed by atoms with Crippen LogP contribution in [0.2, 0.25) is 0 Å². The number of hydrogen-bond acceptors (Lipinski definition) is 5. The van der Waals surface area contributed by atoms with E-state index in [-0.39, 0.29) is 0 Å². The van der Waals surface area contributed by atoms with Gasteiger partial charge in [0.15, 0.2) is 0 Å². The van der Waals surface area contributed by atoms with E-state index in [4.69, 9.17) is 27.8 Å². The van der Waals surface area contributed by atoms with E-state index in [2.05, 4.69) is 48.5 Å². The Bertz CT molecular complexity index is 1050. The lowest BCUT2D eigenvalue weighted by Crippen LogP contribution is -2.68. The van der Waals surface area contributed by atoms with Crippen molar-refractivity contribution in [2.45, 2.75) is 6.42 Å². The van der Waals surface area contributed by atoms with Crippen molar-refractivity contribution in [3.63, 3.8) is 0 Å². The summed E-state index contributed by atoms with van der Waals surface area (Å²) in [6, 6.07) is 32.9. The number of halogens is 1. The molecule has 6 nitrogen and oxygen atoms in total. The van der Waals surface area contributed by atoms with E-state index in [9.17, 15) is 0 Å². The second-order valence-corrected chi connectivity index (χ2v) is 7.58. The zero-order valence-corrected chi connectivity index (χ0v) is 18.0. The Morgan fingerprint density at radius 2 is 1.09 bits per heavy atom. The number of rotatable bonds is 5. The third kappa shape index (κ3) is 7.46. The topological polar surface area (TPSA) is 113 Å². The van der Waals surface area contributed by atoms with Gasteiger partial charge < -0.3 is 4.74 Å². The molecule has 0 radical (unpaired) electrons. The third-order valence-corrected chi connectivity index (χ3v) is 4.54. The molecule has 0 atom stereocenters. The molecule has 1 aromatic heterocycles. The van der Waals surface area contributed by atoms with Gasteiger partial charge in [0.05, 0.1) is 18.2 Å². The first-order valence-electron chi connectivity index (χ1n) is 9.64. The summed E-state index contributed by atoms with van der Waals surface area (Å²) in [7, 11) is -3.26. The van der Waals surface area contributed by atoms with Crippen LogP contribution < -0.4 is 23.4 Å². The van der Waals surface area contributed by atoms with Crippen molar-refractivity contribution >= 4 is 0 Å². The van der Waals surface area contributed by atoms with E-state index < -0.39 is 10.2 Å². The van der Waals surface area contributed by atoms with Crippen LogP contribution in [0.25, 0.3) is 22.6 Å². The summed E-state index contributed by atoms with van der Waals surface area (Å²) in [5.74, 6) is 2.62. The highest BCUT2D eigenvalue weighted by atomic mass is 35.7. The van der Waals surface area contributed by atoms with E-state index >= 15 is 0 Å². The Balaban J connectivity index is 0.000000523. The molecule has 4 rings (SSSR count). The molecule has 0 N–H and O–H groups in total. The summed E-state index contributed by atoms with van der Waals surface area (Å²) in [6.45, 7) is 0. The standard InChI is InChI=1S/C25H21O2.ClHO4/c1-26-23-14-12-19(13-15-23)16-20-17-24(21-8-4-2-5-9-21)27-25(18-20)22-10-6-3-7-11-22;2-1(3,4)5/h2-15,17-18H,16H2,1H3;(H,2,3,4,5)/q+1;/p-1. The van der Waals surface area contributed by atoms with E-state index in [0.717, 1.165) is 34.8 Å². The summed E-state index contributed by atoms with van der Waals surface area (Å²) in [5, 5.41) is 0. The van der Waals surface area contributed by atoms with Gasteiger partial charge in [0, 0.05) is 12.1 Å². The van der Waals surface area contributed by atoms with Crippen molar-refractivity contribution in [2.75, 3.05) is 7.11 Å². The van der Waals surface area contributed by atoms with E-state index in [1.165, 1.54) is 11.1 Å². The molecule has 0 amide bonds. The lowest BCUT2D eigenvalue weighted by atomic mass is 10.0. The number of ether oxygens (including phenoxy) is 1. The maximum Gasteiger partial charge on any atom is 0.361 e. The van der Waals surface area contributed by atoms with E-state index in [0.29, 0.717) is 0 Å². The van der Waals surface area contributed by atoms with Gasteiger partial charge in [0.2, 0.25) is 0 Å². The molecule has 0 spiro atoms. The van der Waals surface area contributed by atoms with Crippen LogP contribution >= 0.6 is 0 Å². The van der Waals surface area contributed by atoms with Crippen LogP contribution in [0.3, 0.4) is 0 Å². The Morgan fingerprint density at radius 1 is 0.656 bits per heavy atom. The fourth-order valence-corrected chi connectivity index (χ4v) is 3.13.